The molecule has 98 valence electrons. The predicted molar refractivity (Wildman–Crippen MR) is 85.6 cm³/mol. The first-order valence-corrected chi connectivity index (χ1v) is 6.99. The first-order valence-electron chi connectivity index (χ1n) is 6.61. The summed E-state index contributed by atoms with van der Waals surface area (Å²) in [6.07, 6.45) is 1.81. The topological polar surface area (TPSA) is 28.7 Å². The van der Waals surface area contributed by atoms with Gasteiger partial charge in [-0.05, 0) is 36.2 Å². The fourth-order valence-electron chi connectivity index (χ4n) is 2.93. The Labute approximate surface area is 121 Å². The second kappa shape index (κ2) is 3.97. The lowest BCUT2D eigenvalue weighted by molar-refractivity contribution is 1.30. The van der Waals surface area contributed by atoms with Gasteiger partial charge < -0.3 is 4.98 Å². The van der Waals surface area contributed by atoms with Crippen LogP contribution in [0.1, 0.15) is 11.1 Å². The number of fused-ring (bicyclic) bond motifs is 5. The third kappa shape index (κ3) is 1.49. The van der Waals surface area contributed by atoms with Gasteiger partial charge in [0.1, 0.15) is 5.15 Å². The van der Waals surface area contributed by atoms with Gasteiger partial charge in [-0.3, -0.25) is 0 Å². The van der Waals surface area contributed by atoms with Crippen LogP contribution in [0, 0.1) is 13.8 Å². The highest BCUT2D eigenvalue weighted by atomic mass is 35.5. The van der Waals surface area contributed by atoms with Crippen molar-refractivity contribution in [2.45, 2.75) is 13.8 Å². The molecule has 0 saturated carbocycles. The van der Waals surface area contributed by atoms with E-state index in [0.29, 0.717) is 5.15 Å². The molecule has 2 aromatic heterocycles. The Kier molecular flexibility index (Phi) is 2.33. The highest BCUT2D eigenvalue weighted by Gasteiger charge is 2.13. The molecule has 0 amide bonds. The molecule has 0 spiro atoms. The molecule has 0 bridgehead atoms. The van der Waals surface area contributed by atoms with Crippen LogP contribution in [0.15, 0.2) is 36.5 Å². The maximum atomic E-state index is 6.35. The molecule has 3 heteroatoms. The number of H-pyrrole nitrogens is 1. The summed E-state index contributed by atoms with van der Waals surface area (Å²) < 4.78 is 0. The van der Waals surface area contributed by atoms with E-state index in [9.17, 15) is 0 Å². The number of halogens is 1. The van der Waals surface area contributed by atoms with Crippen molar-refractivity contribution < 1.29 is 0 Å². The zero-order chi connectivity index (χ0) is 13.9. The van der Waals surface area contributed by atoms with Crippen LogP contribution in [-0.4, -0.2) is 9.97 Å². The summed E-state index contributed by atoms with van der Waals surface area (Å²) >= 11 is 6.35. The van der Waals surface area contributed by atoms with Crippen molar-refractivity contribution in [3.8, 4) is 0 Å². The summed E-state index contributed by atoms with van der Waals surface area (Å²) in [7, 11) is 0. The van der Waals surface area contributed by atoms with Crippen molar-refractivity contribution in [1.82, 2.24) is 9.97 Å². The quantitative estimate of drug-likeness (QED) is 0.444. The summed E-state index contributed by atoms with van der Waals surface area (Å²) in [5.74, 6) is 0. The van der Waals surface area contributed by atoms with Gasteiger partial charge >= 0.3 is 0 Å². The molecule has 0 saturated heterocycles. The predicted octanol–water partition coefficient (Wildman–Crippen LogP) is 5.14. The minimum atomic E-state index is 0.560. The number of hydrogen-bond acceptors (Lipinski definition) is 1. The molecule has 0 aliphatic heterocycles. The van der Waals surface area contributed by atoms with Gasteiger partial charge in [-0.1, -0.05) is 41.4 Å². The second-order valence-corrected chi connectivity index (χ2v) is 5.68. The Morgan fingerprint density at radius 2 is 1.90 bits per heavy atom. The highest BCUT2D eigenvalue weighted by Crippen LogP contribution is 2.36. The van der Waals surface area contributed by atoms with Crippen LogP contribution < -0.4 is 0 Å². The Hall–Kier alpha value is -2.06. The number of rotatable bonds is 0. The molecule has 4 aromatic rings. The number of pyridine rings is 1. The van der Waals surface area contributed by atoms with E-state index in [0.717, 1.165) is 22.0 Å². The summed E-state index contributed by atoms with van der Waals surface area (Å²) in [5.41, 5.74) is 4.56. The first kappa shape index (κ1) is 11.7. The fraction of sp³-hybridized carbons (Fsp3) is 0.118. The average molecular weight is 281 g/mol. The number of nitrogens with zero attached hydrogens (tertiary/aromatic N) is 1. The lowest BCUT2D eigenvalue weighted by atomic mass is 10.0. The van der Waals surface area contributed by atoms with Gasteiger partial charge in [0.25, 0.3) is 0 Å². The molecule has 2 aromatic carbocycles. The van der Waals surface area contributed by atoms with E-state index < -0.39 is 0 Å². The molecule has 2 heterocycles. The maximum absolute atomic E-state index is 6.35. The van der Waals surface area contributed by atoms with Gasteiger partial charge in [0.15, 0.2) is 0 Å². The highest BCUT2D eigenvalue weighted by molar-refractivity contribution is 6.38. The molecule has 0 radical (unpaired) electrons. The van der Waals surface area contributed by atoms with Crippen LogP contribution in [0.25, 0.3) is 32.6 Å². The van der Waals surface area contributed by atoms with E-state index in [1.807, 2.05) is 13.1 Å². The zero-order valence-corrected chi connectivity index (χ0v) is 12.0. The fourth-order valence-corrected chi connectivity index (χ4v) is 3.17. The molecule has 0 atom stereocenters. The molecule has 4 rings (SSSR count). The van der Waals surface area contributed by atoms with Crippen LogP contribution in [0.4, 0.5) is 0 Å². The number of aromatic nitrogens is 2. The zero-order valence-electron chi connectivity index (χ0n) is 11.3. The van der Waals surface area contributed by atoms with Crippen molar-refractivity contribution >= 4 is 44.2 Å². The lowest BCUT2D eigenvalue weighted by Crippen LogP contribution is -1.82. The normalized spacial score (nSPS) is 11.8. The minimum absolute atomic E-state index is 0.560. The van der Waals surface area contributed by atoms with Crippen molar-refractivity contribution in [3.05, 3.63) is 52.8 Å². The maximum Gasteiger partial charge on any atom is 0.139 e. The van der Waals surface area contributed by atoms with E-state index >= 15 is 0 Å². The van der Waals surface area contributed by atoms with Gasteiger partial charge in [-0.15, -0.1) is 0 Å². The average Bonchev–Trinajstić information content (AvgIpc) is 2.83. The van der Waals surface area contributed by atoms with Crippen LogP contribution in [0.5, 0.6) is 0 Å². The van der Waals surface area contributed by atoms with Crippen molar-refractivity contribution in [2.24, 2.45) is 0 Å². The lowest BCUT2D eigenvalue weighted by Gasteiger charge is -2.03. The third-order valence-corrected chi connectivity index (χ3v) is 4.19. The van der Waals surface area contributed by atoms with Crippen LogP contribution in [0.2, 0.25) is 5.15 Å². The summed E-state index contributed by atoms with van der Waals surface area (Å²) in [4.78, 5) is 7.77. The Balaban J connectivity index is 2.34. The van der Waals surface area contributed by atoms with E-state index in [1.54, 1.807) is 0 Å². The van der Waals surface area contributed by atoms with E-state index in [-0.39, 0.29) is 0 Å². The van der Waals surface area contributed by atoms with Crippen molar-refractivity contribution in [3.63, 3.8) is 0 Å². The Morgan fingerprint density at radius 1 is 1.05 bits per heavy atom. The van der Waals surface area contributed by atoms with E-state index in [1.165, 1.54) is 21.7 Å². The van der Waals surface area contributed by atoms with Gasteiger partial charge in [0, 0.05) is 22.5 Å². The number of hydrogen-bond donors (Lipinski definition) is 1. The van der Waals surface area contributed by atoms with Gasteiger partial charge in [0.2, 0.25) is 0 Å². The van der Waals surface area contributed by atoms with Gasteiger partial charge in [0.05, 0.1) is 5.52 Å². The molecule has 0 unspecified atom stereocenters. The monoisotopic (exact) mass is 280 g/mol. The van der Waals surface area contributed by atoms with Crippen molar-refractivity contribution in [1.29, 1.82) is 0 Å². The molecule has 20 heavy (non-hydrogen) atoms. The van der Waals surface area contributed by atoms with E-state index in [4.69, 9.17) is 11.6 Å². The Bertz CT molecular complexity index is 983. The smallest absolute Gasteiger partial charge is 0.139 e. The SMILES string of the molecule is Cc1ccc2c(ccc3[nH]c4c(C)cnc(Cl)c4c32)c1. The van der Waals surface area contributed by atoms with Crippen molar-refractivity contribution in [2.75, 3.05) is 0 Å². The molecular formula is C17H13ClN2. The molecule has 0 aliphatic rings. The van der Waals surface area contributed by atoms with Crippen LogP contribution in [-0.2, 0) is 0 Å². The molecule has 1 N–H and O–H groups in total. The summed E-state index contributed by atoms with van der Waals surface area (Å²) in [6.45, 7) is 4.16. The largest absolute Gasteiger partial charge is 0.354 e. The van der Waals surface area contributed by atoms with Crippen LogP contribution >= 0.6 is 11.6 Å². The first-order chi connectivity index (χ1) is 9.65. The molecule has 0 aliphatic carbocycles. The minimum Gasteiger partial charge on any atom is -0.354 e. The number of aryl methyl sites for hydroxylation is 2. The standard InChI is InChI=1S/C17H13ClN2/c1-9-3-5-12-11(7-9)4-6-13-14(12)15-16(20-13)10(2)8-19-17(15)18/h3-8,20H,1-2H3. The molecule has 0 fully saturated rings. The third-order valence-electron chi connectivity index (χ3n) is 3.91. The van der Waals surface area contributed by atoms with Gasteiger partial charge in [-0.25, -0.2) is 4.98 Å². The number of nitrogens with one attached hydrogen (secondary N) is 1. The number of aromatic amines is 1. The summed E-state index contributed by atoms with van der Waals surface area (Å²) in [6, 6.07) is 10.8. The van der Waals surface area contributed by atoms with E-state index in [2.05, 4.69) is 47.2 Å². The number of benzene rings is 2. The molecular weight excluding hydrogens is 268 g/mol. The molecule has 2 nitrogen and oxygen atoms in total. The van der Waals surface area contributed by atoms with Gasteiger partial charge in [-0.2, -0.15) is 0 Å². The summed E-state index contributed by atoms with van der Waals surface area (Å²) in [5, 5.41) is 5.20. The van der Waals surface area contributed by atoms with Crippen LogP contribution in [0.3, 0.4) is 0 Å². The Morgan fingerprint density at radius 3 is 2.75 bits per heavy atom. The second-order valence-electron chi connectivity index (χ2n) is 5.32.